The summed E-state index contributed by atoms with van der Waals surface area (Å²) in [7, 11) is 1.57. The third-order valence-electron chi connectivity index (χ3n) is 2.05. The Hall–Kier alpha value is -2.24. The molecular formula is C10H11N5O. The van der Waals surface area contributed by atoms with Gasteiger partial charge in [-0.1, -0.05) is 12.1 Å². The zero-order chi connectivity index (χ0) is 11.4. The van der Waals surface area contributed by atoms with Gasteiger partial charge in [-0.25, -0.2) is 4.98 Å². The molecule has 0 saturated heterocycles. The molecule has 2 N–H and O–H groups in total. The molecule has 0 aliphatic heterocycles. The Morgan fingerprint density at radius 1 is 1.25 bits per heavy atom. The van der Waals surface area contributed by atoms with E-state index in [0.717, 1.165) is 11.0 Å². The number of likely N-dealkylation sites (N-methyl/N-ethyl adjacent to an activating group) is 1. The Bertz CT molecular complexity index is 513. The van der Waals surface area contributed by atoms with Gasteiger partial charge >= 0.3 is 0 Å². The van der Waals surface area contributed by atoms with Gasteiger partial charge in [-0.3, -0.25) is 4.79 Å². The second-order valence-corrected chi connectivity index (χ2v) is 3.15. The van der Waals surface area contributed by atoms with Crippen LogP contribution in [0.25, 0.3) is 11.0 Å². The molecule has 0 radical (unpaired) electrons. The minimum atomic E-state index is -0.128. The Labute approximate surface area is 92.1 Å². The first-order chi connectivity index (χ1) is 7.79. The molecule has 1 aromatic heterocycles. The second-order valence-electron chi connectivity index (χ2n) is 3.15. The van der Waals surface area contributed by atoms with Crippen LogP contribution in [0, 0.1) is 0 Å². The molecule has 1 amide bonds. The maximum atomic E-state index is 11.0. The number of benzene rings is 1. The molecule has 0 unspecified atom stereocenters. The number of nitrogens with zero attached hydrogens (tertiary/aromatic N) is 3. The number of hydrogen-bond donors (Lipinski definition) is 2. The number of anilines is 1. The first kappa shape index (κ1) is 10.3. The zero-order valence-electron chi connectivity index (χ0n) is 8.77. The summed E-state index contributed by atoms with van der Waals surface area (Å²) in [5.74, 6) is 0.221. The quantitative estimate of drug-likeness (QED) is 0.766. The summed E-state index contributed by atoms with van der Waals surface area (Å²) < 4.78 is 0. The monoisotopic (exact) mass is 217 g/mol. The summed E-state index contributed by atoms with van der Waals surface area (Å²) in [6.07, 6.45) is 0. The second kappa shape index (κ2) is 4.52. The van der Waals surface area contributed by atoms with Gasteiger partial charge in [0.2, 0.25) is 11.9 Å². The van der Waals surface area contributed by atoms with Gasteiger partial charge in [0.25, 0.3) is 0 Å². The number of aromatic nitrogens is 3. The number of carbonyl (C=O) groups excluding carboxylic acids is 1. The average molecular weight is 217 g/mol. The fourth-order valence-corrected chi connectivity index (χ4v) is 1.20. The highest BCUT2D eigenvalue weighted by molar-refractivity contribution is 5.80. The van der Waals surface area contributed by atoms with Crippen molar-refractivity contribution in [2.24, 2.45) is 0 Å². The number of amides is 1. The van der Waals surface area contributed by atoms with Crippen molar-refractivity contribution in [2.75, 3.05) is 18.9 Å². The van der Waals surface area contributed by atoms with Gasteiger partial charge in [-0.15, -0.1) is 10.2 Å². The molecule has 0 spiro atoms. The van der Waals surface area contributed by atoms with E-state index in [0.29, 0.717) is 5.95 Å². The number of para-hydroxylation sites is 1. The van der Waals surface area contributed by atoms with Gasteiger partial charge < -0.3 is 10.6 Å². The van der Waals surface area contributed by atoms with E-state index >= 15 is 0 Å². The Balaban J connectivity index is 2.16. The van der Waals surface area contributed by atoms with E-state index in [1.54, 1.807) is 7.05 Å². The molecule has 0 aliphatic rings. The molecule has 82 valence electrons. The largest absolute Gasteiger partial charge is 0.358 e. The van der Waals surface area contributed by atoms with Crippen LogP contribution in [0.15, 0.2) is 24.3 Å². The van der Waals surface area contributed by atoms with Crippen LogP contribution in [-0.4, -0.2) is 34.7 Å². The van der Waals surface area contributed by atoms with Crippen LogP contribution >= 0.6 is 0 Å². The summed E-state index contributed by atoms with van der Waals surface area (Å²) in [5, 5.41) is 13.1. The highest BCUT2D eigenvalue weighted by Crippen LogP contribution is 2.08. The topological polar surface area (TPSA) is 79.8 Å². The third-order valence-corrected chi connectivity index (χ3v) is 2.05. The minimum Gasteiger partial charge on any atom is -0.358 e. The van der Waals surface area contributed by atoms with E-state index in [1.807, 2.05) is 24.3 Å². The smallest absolute Gasteiger partial charge is 0.243 e. The van der Waals surface area contributed by atoms with Crippen LogP contribution in [-0.2, 0) is 4.79 Å². The molecule has 0 atom stereocenters. The Morgan fingerprint density at radius 3 is 2.75 bits per heavy atom. The maximum absolute atomic E-state index is 11.0. The van der Waals surface area contributed by atoms with Crippen molar-refractivity contribution in [1.82, 2.24) is 20.5 Å². The first-order valence-electron chi connectivity index (χ1n) is 4.83. The van der Waals surface area contributed by atoms with Gasteiger partial charge in [0.15, 0.2) is 0 Å². The highest BCUT2D eigenvalue weighted by atomic mass is 16.1. The van der Waals surface area contributed by atoms with E-state index in [-0.39, 0.29) is 12.5 Å². The summed E-state index contributed by atoms with van der Waals surface area (Å²) in [6, 6.07) is 7.42. The van der Waals surface area contributed by atoms with E-state index in [2.05, 4.69) is 25.8 Å². The molecular weight excluding hydrogens is 206 g/mol. The van der Waals surface area contributed by atoms with Crippen molar-refractivity contribution < 1.29 is 4.79 Å². The normalized spacial score (nSPS) is 10.1. The van der Waals surface area contributed by atoms with Crippen LogP contribution in [0.2, 0.25) is 0 Å². The third kappa shape index (κ3) is 2.22. The number of hydrogen-bond acceptors (Lipinski definition) is 5. The molecule has 0 fully saturated rings. The molecule has 1 heterocycles. The molecule has 2 rings (SSSR count). The molecule has 0 saturated carbocycles. The highest BCUT2D eigenvalue weighted by Gasteiger charge is 2.02. The Morgan fingerprint density at radius 2 is 2.00 bits per heavy atom. The van der Waals surface area contributed by atoms with Crippen molar-refractivity contribution in [1.29, 1.82) is 0 Å². The summed E-state index contributed by atoms with van der Waals surface area (Å²) in [6.45, 7) is 0.135. The van der Waals surface area contributed by atoms with Gasteiger partial charge in [0.1, 0.15) is 5.52 Å². The van der Waals surface area contributed by atoms with Crippen LogP contribution in [0.4, 0.5) is 5.95 Å². The summed E-state index contributed by atoms with van der Waals surface area (Å²) in [4.78, 5) is 15.2. The number of carbonyl (C=O) groups is 1. The fourth-order valence-electron chi connectivity index (χ4n) is 1.20. The van der Waals surface area contributed by atoms with Crippen LogP contribution in [0.3, 0.4) is 0 Å². The molecule has 0 bridgehead atoms. The van der Waals surface area contributed by atoms with Crippen molar-refractivity contribution in [2.45, 2.75) is 0 Å². The van der Waals surface area contributed by atoms with Crippen molar-refractivity contribution in [3.63, 3.8) is 0 Å². The molecule has 6 heteroatoms. The lowest BCUT2D eigenvalue weighted by Gasteiger charge is -2.03. The van der Waals surface area contributed by atoms with Gasteiger partial charge in [-0.2, -0.15) is 0 Å². The van der Waals surface area contributed by atoms with E-state index < -0.39 is 0 Å². The predicted octanol–water partition coefficient (Wildman–Crippen LogP) is 0.183. The van der Waals surface area contributed by atoms with E-state index in [1.165, 1.54) is 0 Å². The van der Waals surface area contributed by atoms with Crippen LogP contribution in [0.1, 0.15) is 0 Å². The predicted molar refractivity (Wildman–Crippen MR) is 59.9 cm³/mol. The molecule has 2 aromatic rings. The van der Waals surface area contributed by atoms with Crippen molar-refractivity contribution in [3.8, 4) is 0 Å². The SMILES string of the molecule is CNC(=O)CNc1nnc2ccccc2n1. The molecule has 16 heavy (non-hydrogen) atoms. The molecule has 1 aromatic carbocycles. The molecule has 0 aliphatic carbocycles. The maximum Gasteiger partial charge on any atom is 0.243 e. The number of fused-ring (bicyclic) bond motifs is 1. The lowest BCUT2D eigenvalue weighted by molar-refractivity contribution is -0.118. The number of rotatable bonds is 3. The molecule has 6 nitrogen and oxygen atoms in total. The van der Waals surface area contributed by atoms with Gasteiger partial charge in [-0.05, 0) is 12.1 Å². The first-order valence-corrected chi connectivity index (χ1v) is 4.83. The van der Waals surface area contributed by atoms with Crippen LogP contribution < -0.4 is 10.6 Å². The van der Waals surface area contributed by atoms with Crippen molar-refractivity contribution in [3.05, 3.63) is 24.3 Å². The van der Waals surface area contributed by atoms with Gasteiger partial charge in [0.05, 0.1) is 12.1 Å². The standard InChI is InChI=1S/C10H11N5O/c1-11-9(16)6-12-10-13-7-4-2-3-5-8(7)14-15-10/h2-5H,6H2,1H3,(H,11,16)(H,12,13,15). The Kier molecular flexibility index (Phi) is 2.90. The lowest BCUT2D eigenvalue weighted by Crippen LogP contribution is -2.26. The number of nitrogens with one attached hydrogen (secondary N) is 2. The van der Waals surface area contributed by atoms with Crippen LogP contribution in [0.5, 0.6) is 0 Å². The van der Waals surface area contributed by atoms with E-state index in [4.69, 9.17) is 0 Å². The van der Waals surface area contributed by atoms with E-state index in [9.17, 15) is 4.79 Å². The van der Waals surface area contributed by atoms with Gasteiger partial charge in [0, 0.05) is 7.05 Å². The lowest BCUT2D eigenvalue weighted by atomic mass is 10.3. The zero-order valence-corrected chi connectivity index (χ0v) is 8.77. The summed E-state index contributed by atoms with van der Waals surface area (Å²) >= 11 is 0. The average Bonchev–Trinajstić information content (AvgIpc) is 2.35. The summed E-state index contributed by atoms with van der Waals surface area (Å²) in [5.41, 5.74) is 1.48. The minimum absolute atomic E-state index is 0.128. The van der Waals surface area contributed by atoms with Crippen molar-refractivity contribution >= 4 is 22.9 Å². The fraction of sp³-hybridized carbons (Fsp3) is 0.200.